The normalized spacial score (nSPS) is 45.6. The van der Waals surface area contributed by atoms with Crippen molar-refractivity contribution < 1.29 is 74.4 Å². The summed E-state index contributed by atoms with van der Waals surface area (Å²) in [5.74, 6) is 0. The van der Waals surface area contributed by atoms with E-state index in [1.54, 1.807) is 0 Å². The van der Waals surface area contributed by atoms with E-state index in [0.717, 1.165) is 38.5 Å². The lowest BCUT2D eigenvalue weighted by Crippen LogP contribution is -2.62. The van der Waals surface area contributed by atoms with Crippen LogP contribution in [0.15, 0.2) is 0 Å². The second kappa shape index (κ2) is 16.5. The van der Waals surface area contributed by atoms with E-state index in [2.05, 4.69) is 6.92 Å². The Morgan fingerprint density at radius 1 is 0.463 bits per heavy atom. The standard InChI is InChI=1S/C26H48O15/c1-3-4-5-6-7-8-9-36-24-22(34)19(31)16(28)13(40-24)11-38-26-23(35)20(32)17(29)14(41-26)10-37-25-21(33)18(30)15(27)12(2)39-25/h12-35H,3-11H2,1-2H3/t12-,13-,14-,15-,16-,17-,18+,19+,20+,21+,22+,23+,24+,25+,26+/m1/s1. The van der Waals surface area contributed by atoms with Crippen LogP contribution in [0.3, 0.4) is 0 Å². The van der Waals surface area contributed by atoms with Crippen molar-refractivity contribution in [2.24, 2.45) is 0 Å². The maximum absolute atomic E-state index is 10.4. The average molecular weight is 601 g/mol. The molecule has 3 fully saturated rings. The molecule has 41 heavy (non-hydrogen) atoms. The second-order valence-electron chi connectivity index (χ2n) is 11.0. The molecule has 3 rings (SSSR count). The van der Waals surface area contributed by atoms with Gasteiger partial charge in [0.25, 0.3) is 0 Å². The number of hydrogen-bond acceptors (Lipinski definition) is 15. The molecule has 0 aromatic carbocycles. The molecule has 15 heteroatoms. The van der Waals surface area contributed by atoms with E-state index >= 15 is 0 Å². The van der Waals surface area contributed by atoms with Crippen LogP contribution in [-0.2, 0) is 28.4 Å². The summed E-state index contributed by atoms with van der Waals surface area (Å²) in [5, 5.41) is 92.1. The molecule has 0 spiro atoms. The molecule has 15 atom stereocenters. The van der Waals surface area contributed by atoms with Gasteiger partial charge < -0.3 is 74.4 Å². The third kappa shape index (κ3) is 8.97. The molecule has 0 unspecified atom stereocenters. The molecule has 0 bridgehead atoms. The first-order chi connectivity index (χ1) is 19.5. The highest BCUT2D eigenvalue weighted by Crippen LogP contribution is 2.28. The monoisotopic (exact) mass is 600 g/mol. The highest BCUT2D eigenvalue weighted by atomic mass is 16.7. The molecular formula is C26H48O15. The fraction of sp³-hybridized carbons (Fsp3) is 1.00. The van der Waals surface area contributed by atoms with Crippen molar-refractivity contribution in [2.75, 3.05) is 19.8 Å². The smallest absolute Gasteiger partial charge is 0.186 e. The van der Waals surface area contributed by atoms with Gasteiger partial charge in [-0.3, -0.25) is 0 Å². The summed E-state index contributed by atoms with van der Waals surface area (Å²) in [7, 11) is 0. The van der Waals surface area contributed by atoms with Gasteiger partial charge in [0.2, 0.25) is 0 Å². The molecule has 0 radical (unpaired) electrons. The zero-order valence-corrected chi connectivity index (χ0v) is 23.5. The lowest BCUT2D eigenvalue weighted by Gasteiger charge is -2.43. The van der Waals surface area contributed by atoms with Gasteiger partial charge in [0.15, 0.2) is 18.9 Å². The van der Waals surface area contributed by atoms with Crippen LogP contribution in [0, 0.1) is 0 Å². The molecular weight excluding hydrogens is 552 g/mol. The van der Waals surface area contributed by atoms with Gasteiger partial charge in [0.05, 0.1) is 19.3 Å². The average Bonchev–Trinajstić information content (AvgIpc) is 2.96. The highest BCUT2D eigenvalue weighted by molar-refractivity contribution is 4.92. The molecule has 0 aromatic rings. The zero-order chi connectivity index (χ0) is 30.3. The fourth-order valence-electron chi connectivity index (χ4n) is 5.00. The van der Waals surface area contributed by atoms with Crippen LogP contribution in [0.25, 0.3) is 0 Å². The molecule has 15 nitrogen and oxygen atoms in total. The summed E-state index contributed by atoms with van der Waals surface area (Å²) in [6.45, 7) is 2.95. The first-order valence-corrected chi connectivity index (χ1v) is 14.4. The van der Waals surface area contributed by atoms with Crippen molar-refractivity contribution in [3.8, 4) is 0 Å². The van der Waals surface area contributed by atoms with Crippen molar-refractivity contribution in [1.29, 1.82) is 0 Å². The summed E-state index contributed by atoms with van der Waals surface area (Å²) < 4.78 is 33.1. The van der Waals surface area contributed by atoms with Gasteiger partial charge in [0, 0.05) is 6.61 Å². The van der Waals surface area contributed by atoms with Crippen molar-refractivity contribution in [3.63, 3.8) is 0 Å². The number of aliphatic hydroxyl groups is 9. The van der Waals surface area contributed by atoms with Gasteiger partial charge in [0.1, 0.15) is 67.1 Å². The number of ether oxygens (including phenoxy) is 6. The Balaban J connectivity index is 1.51. The van der Waals surface area contributed by atoms with E-state index < -0.39 is 105 Å². The van der Waals surface area contributed by atoms with E-state index in [-0.39, 0.29) is 6.61 Å². The number of rotatable bonds is 14. The number of aliphatic hydroxyl groups excluding tert-OH is 9. The summed E-state index contributed by atoms with van der Waals surface area (Å²) in [5.41, 5.74) is 0. The van der Waals surface area contributed by atoms with E-state index in [4.69, 9.17) is 28.4 Å². The van der Waals surface area contributed by atoms with E-state index in [0.29, 0.717) is 0 Å². The Morgan fingerprint density at radius 3 is 1.39 bits per heavy atom. The summed E-state index contributed by atoms with van der Waals surface area (Å²) in [6, 6.07) is 0. The van der Waals surface area contributed by atoms with Gasteiger partial charge in [-0.1, -0.05) is 39.0 Å². The maximum Gasteiger partial charge on any atom is 0.186 e. The molecule has 3 aliphatic heterocycles. The molecule has 3 aliphatic rings. The highest BCUT2D eigenvalue weighted by Gasteiger charge is 2.48. The first kappa shape index (κ1) is 34.9. The molecule has 0 aliphatic carbocycles. The van der Waals surface area contributed by atoms with Gasteiger partial charge >= 0.3 is 0 Å². The summed E-state index contributed by atoms with van der Waals surface area (Å²) in [4.78, 5) is 0. The molecule has 3 saturated heterocycles. The van der Waals surface area contributed by atoms with Crippen molar-refractivity contribution in [3.05, 3.63) is 0 Å². The summed E-state index contributed by atoms with van der Waals surface area (Å²) >= 11 is 0. The molecule has 3 heterocycles. The molecule has 0 amide bonds. The first-order valence-electron chi connectivity index (χ1n) is 14.4. The Morgan fingerprint density at radius 2 is 0.878 bits per heavy atom. The third-order valence-corrected chi connectivity index (χ3v) is 7.77. The van der Waals surface area contributed by atoms with Crippen molar-refractivity contribution in [2.45, 2.75) is 144 Å². The largest absolute Gasteiger partial charge is 0.388 e. The van der Waals surface area contributed by atoms with Crippen LogP contribution < -0.4 is 0 Å². The Labute approximate surface area is 239 Å². The van der Waals surface area contributed by atoms with Crippen LogP contribution in [0.2, 0.25) is 0 Å². The Hall–Kier alpha value is -0.600. The van der Waals surface area contributed by atoms with Crippen LogP contribution in [-0.4, -0.2) is 158 Å². The minimum Gasteiger partial charge on any atom is -0.388 e. The van der Waals surface area contributed by atoms with Gasteiger partial charge in [-0.25, -0.2) is 0 Å². The SMILES string of the molecule is CCCCCCCCO[C@H]1O[C@H](CO[C@H]2O[C@H](CO[C@H]3O[C@H](C)[C@@H](O)[C@H](O)[C@@H]3O)[C@@H](O)[C@H](O)[C@@H]2O)[C@@H](O)[C@H](O)[C@@H]1O. The molecule has 9 N–H and O–H groups in total. The van der Waals surface area contributed by atoms with Crippen LogP contribution in [0.4, 0.5) is 0 Å². The second-order valence-corrected chi connectivity index (χ2v) is 11.0. The minimum atomic E-state index is -1.73. The van der Waals surface area contributed by atoms with Crippen LogP contribution in [0.1, 0.15) is 52.4 Å². The number of unbranched alkanes of at least 4 members (excludes halogenated alkanes) is 5. The third-order valence-electron chi connectivity index (χ3n) is 7.77. The van der Waals surface area contributed by atoms with E-state index in [1.165, 1.54) is 6.92 Å². The molecule has 0 saturated carbocycles. The van der Waals surface area contributed by atoms with Gasteiger partial charge in [-0.2, -0.15) is 0 Å². The van der Waals surface area contributed by atoms with E-state index in [9.17, 15) is 46.0 Å². The quantitative estimate of drug-likeness (QED) is 0.0895. The zero-order valence-electron chi connectivity index (χ0n) is 23.5. The van der Waals surface area contributed by atoms with Gasteiger partial charge in [-0.05, 0) is 13.3 Å². The minimum absolute atomic E-state index is 0.272. The lowest BCUT2D eigenvalue weighted by atomic mass is 9.98. The van der Waals surface area contributed by atoms with E-state index in [1.807, 2.05) is 0 Å². The Kier molecular flexibility index (Phi) is 14.0. The Bertz CT molecular complexity index is 748. The van der Waals surface area contributed by atoms with Crippen molar-refractivity contribution in [1.82, 2.24) is 0 Å². The number of hydrogen-bond donors (Lipinski definition) is 9. The molecule has 0 aromatic heterocycles. The predicted octanol–water partition coefficient (Wildman–Crippen LogP) is -3.16. The maximum atomic E-state index is 10.4. The summed E-state index contributed by atoms with van der Waals surface area (Å²) in [6.07, 6.45) is -15.6. The van der Waals surface area contributed by atoms with Gasteiger partial charge in [-0.15, -0.1) is 0 Å². The van der Waals surface area contributed by atoms with Crippen LogP contribution in [0.5, 0.6) is 0 Å². The predicted molar refractivity (Wildman–Crippen MR) is 137 cm³/mol. The fourth-order valence-corrected chi connectivity index (χ4v) is 5.00. The lowest BCUT2D eigenvalue weighted by molar-refractivity contribution is -0.341. The molecule has 242 valence electrons. The van der Waals surface area contributed by atoms with Crippen molar-refractivity contribution >= 4 is 0 Å². The topological polar surface area (TPSA) is 237 Å². The van der Waals surface area contributed by atoms with Crippen LogP contribution >= 0.6 is 0 Å².